The van der Waals surface area contributed by atoms with Gasteiger partial charge in [-0.2, -0.15) is 4.98 Å². The highest BCUT2D eigenvalue weighted by atomic mass is 35.5. The number of anilines is 1. The normalized spacial score (nSPS) is 11.3. The van der Waals surface area contributed by atoms with Crippen LogP contribution in [0.2, 0.25) is 5.02 Å². The van der Waals surface area contributed by atoms with E-state index in [1.54, 1.807) is 42.5 Å². The SMILES string of the molecule is Cc1cccc(N(CC(=O)NCc2nc(-c3ccccc3Cl)no2)S(C)(=O)=O)c1. The number of nitrogens with zero attached hydrogens (tertiary/aromatic N) is 3. The highest BCUT2D eigenvalue weighted by Gasteiger charge is 2.21. The van der Waals surface area contributed by atoms with E-state index in [4.69, 9.17) is 16.1 Å². The van der Waals surface area contributed by atoms with Crippen molar-refractivity contribution in [3.8, 4) is 11.4 Å². The van der Waals surface area contributed by atoms with Gasteiger partial charge < -0.3 is 9.84 Å². The van der Waals surface area contributed by atoms with Crippen LogP contribution in [0.1, 0.15) is 11.5 Å². The number of aryl methyl sites for hydroxylation is 1. The molecule has 0 saturated heterocycles. The number of benzene rings is 2. The molecule has 2 aromatic carbocycles. The first-order valence-electron chi connectivity index (χ1n) is 8.62. The molecule has 0 spiro atoms. The molecule has 0 bridgehead atoms. The molecule has 152 valence electrons. The van der Waals surface area contributed by atoms with Gasteiger partial charge in [0, 0.05) is 5.56 Å². The Morgan fingerprint density at radius 3 is 2.66 bits per heavy atom. The minimum Gasteiger partial charge on any atom is -0.345 e. The maximum atomic E-state index is 12.3. The Labute approximate surface area is 173 Å². The van der Waals surface area contributed by atoms with Gasteiger partial charge in [0.25, 0.3) is 0 Å². The van der Waals surface area contributed by atoms with Crippen LogP contribution in [0.15, 0.2) is 53.1 Å². The second kappa shape index (κ2) is 8.62. The van der Waals surface area contributed by atoms with Crippen molar-refractivity contribution in [3.63, 3.8) is 0 Å². The zero-order valence-electron chi connectivity index (χ0n) is 15.8. The Hall–Kier alpha value is -2.91. The maximum Gasteiger partial charge on any atom is 0.246 e. The summed E-state index contributed by atoms with van der Waals surface area (Å²) in [5.41, 5.74) is 1.91. The summed E-state index contributed by atoms with van der Waals surface area (Å²) in [5.74, 6) is -0.0264. The standard InChI is InChI=1S/C19H19ClN4O4S/c1-13-6-5-7-14(10-13)24(29(2,26)27)12-17(25)21-11-18-22-19(23-28-18)15-8-3-4-9-16(15)20/h3-10H,11-12H2,1-2H3,(H,21,25). The van der Waals surface area contributed by atoms with Gasteiger partial charge in [0.15, 0.2) is 0 Å². The van der Waals surface area contributed by atoms with Crippen molar-refractivity contribution >= 4 is 33.2 Å². The van der Waals surface area contributed by atoms with Crippen molar-refractivity contribution in [3.05, 3.63) is 65.0 Å². The lowest BCUT2D eigenvalue weighted by Gasteiger charge is -2.22. The molecule has 29 heavy (non-hydrogen) atoms. The van der Waals surface area contributed by atoms with Crippen molar-refractivity contribution in [2.24, 2.45) is 0 Å². The number of rotatable bonds is 7. The number of nitrogens with one attached hydrogen (secondary N) is 1. The molecule has 1 N–H and O–H groups in total. The minimum atomic E-state index is -3.64. The van der Waals surface area contributed by atoms with Crippen LogP contribution in [0.3, 0.4) is 0 Å². The monoisotopic (exact) mass is 434 g/mol. The average molecular weight is 435 g/mol. The number of amides is 1. The molecule has 3 aromatic rings. The summed E-state index contributed by atoms with van der Waals surface area (Å²) in [4.78, 5) is 16.5. The summed E-state index contributed by atoms with van der Waals surface area (Å²) in [6, 6.07) is 13.9. The summed E-state index contributed by atoms with van der Waals surface area (Å²) in [5, 5.41) is 6.92. The van der Waals surface area contributed by atoms with Crippen LogP contribution in [0.4, 0.5) is 5.69 Å². The van der Waals surface area contributed by atoms with Gasteiger partial charge in [-0.05, 0) is 36.8 Å². The highest BCUT2D eigenvalue weighted by Crippen LogP contribution is 2.24. The first kappa shape index (κ1) is 20.8. The fourth-order valence-electron chi connectivity index (χ4n) is 2.62. The molecule has 8 nitrogen and oxygen atoms in total. The molecule has 1 amide bonds. The van der Waals surface area contributed by atoms with E-state index in [2.05, 4.69) is 15.5 Å². The van der Waals surface area contributed by atoms with E-state index in [0.717, 1.165) is 16.1 Å². The van der Waals surface area contributed by atoms with Crippen LogP contribution >= 0.6 is 11.6 Å². The van der Waals surface area contributed by atoms with E-state index in [1.807, 2.05) is 13.0 Å². The number of hydrogen-bond acceptors (Lipinski definition) is 6. The van der Waals surface area contributed by atoms with Gasteiger partial charge >= 0.3 is 0 Å². The fourth-order valence-corrected chi connectivity index (χ4v) is 3.69. The van der Waals surface area contributed by atoms with E-state index in [9.17, 15) is 13.2 Å². The molecular weight excluding hydrogens is 416 g/mol. The third-order valence-electron chi connectivity index (χ3n) is 4.00. The van der Waals surface area contributed by atoms with Crippen LogP contribution in [0.25, 0.3) is 11.4 Å². The summed E-state index contributed by atoms with van der Waals surface area (Å²) in [7, 11) is -3.64. The molecule has 1 heterocycles. The number of carbonyl (C=O) groups excluding carboxylic acids is 1. The molecule has 0 saturated carbocycles. The quantitative estimate of drug-likeness (QED) is 0.613. The van der Waals surface area contributed by atoms with Crippen LogP contribution < -0.4 is 9.62 Å². The molecule has 0 atom stereocenters. The van der Waals surface area contributed by atoms with Crippen molar-refractivity contribution in [2.75, 3.05) is 17.1 Å². The molecule has 0 unspecified atom stereocenters. The van der Waals surface area contributed by atoms with Crippen LogP contribution in [-0.2, 0) is 21.4 Å². The predicted molar refractivity (Wildman–Crippen MR) is 110 cm³/mol. The lowest BCUT2D eigenvalue weighted by Crippen LogP contribution is -2.40. The van der Waals surface area contributed by atoms with Gasteiger partial charge in [0.2, 0.25) is 27.6 Å². The van der Waals surface area contributed by atoms with Crippen molar-refractivity contribution in [1.82, 2.24) is 15.5 Å². The molecule has 10 heteroatoms. The molecule has 0 aliphatic heterocycles. The topological polar surface area (TPSA) is 105 Å². The second-order valence-corrected chi connectivity index (χ2v) is 8.69. The summed E-state index contributed by atoms with van der Waals surface area (Å²) >= 11 is 6.11. The second-order valence-electron chi connectivity index (χ2n) is 6.38. The molecule has 0 aliphatic rings. The van der Waals surface area contributed by atoms with E-state index in [1.165, 1.54) is 0 Å². The van der Waals surface area contributed by atoms with Gasteiger partial charge in [0.1, 0.15) is 6.54 Å². The fraction of sp³-hybridized carbons (Fsp3) is 0.211. The highest BCUT2D eigenvalue weighted by molar-refractivity contribution is 7.92. The lowest BCUT2D eigenvalue weighted by molar-refractivity contribution is -0.119. The lowest BCUT2D eigenvalue weighted by atomic mass is 10.2. The van der Waals surface area contributed by atoms with Crippen LogP contribution in [0, 0.1) is 6.92 Å². The van der Waals surface area contributed by atoms with E-state index >= 15 is 0 Å². The van der Waals surface area contributed by atoms with E-state index < -0.39 is 15.9 Å². The van der Waals surface area contributed by atoms with Gasteiger partial charge in [0.05, 0.1) is 23.5 Å². The Balaban J connectivity index is 1.67. The molecule has 0 radical (unpaired) electrons. The van der Waals surface area contributed by atoms with Crippen molar-refractivity contribution < 1.29 is 17.7 Å². The summed E-state index contributed by atoms with van der Waals surface area (Å²) in [6.45, 7) is 1.44. The number of carbonyl (C=O) groups is 1. The van der Waals surface area contributed by atoms with Crippen molar-refractivity contribution in [1.29, 1.82) is 0 Å². The van der Waals surface area contributed by atoms with Gasteiger partial charge in [-0.15, -0.1) is 0 Å². The van der Waals surface area contributed by atoms with Crippen LogP contribution in [-0.4, -0.2) is 37.3 Å². The number of aromatic nitrogens is 2. The van der Waals surface area contributed by atoms with Crippen LogP contribution in [0.5, 0.6) is 0 Å². The maximum absolute atomic E-state index is 12.3. The zero-order valence-corrected chi connectivity index (χ0v) is 17.4. The molecule has 3 rings (SSSR count). The Morgan fingerprint density at radius 2 is 1.97 bits per heavy atom. The average Bonchev–Trinajstić information content (AvgIpc) is 3.12. The Kier molecular flexibility index (Phi) is 6.19. The third kappa shape index (κ3) is 5.33. The summed E-state index contributed by atoms with van der Waals surface area (Å²) < 4.78 is 30.4. The van der Waals surface area contributed by atoms with Gasteiger partial charge in [-0.3, -0.25) is 9.10 Å². The molecule has 1 aromatic heterocycles. The molecule has 0 fully saturated rings. The van der Waals surface area contributed by atoms with Crippen molar-refractivity contribution in [2.45, 2.75) is 13.5 Å². The summed E-state index contributed by atoms with van der Waals surface area (Å²) in [6.07, 6.45) is 1.05. The molecular formula is C19H19ClN4O4S. The number of hydrogen-bond donors (Lipinski definition) is 1. The van der Waals surface area contributed by atoms with Gasteiger partial charge in [-0.25, -0.2) is 8.42 Å². The predicted octanol–water partition coefficient (Wildman–Crippen LogP) is 2.78. The first-order valence-corrected chi connectivity index (χ1v) is 10.9. The molecule has 0 aliphatic carbocycles. The smallest absolute Gasteiger partial charge is 0.246 e. The van der Waals surface area contributed by atoms with E-state index in [0.29, 0.717) is 22.1 Å². The van der Waals surface area contributed by atoms with E-state index in [-0.39, 0.29) is 19.0 Å². The first-order chi connectivity index (χ1) is 13.7. The number of sulfonamides is 1. The Bertz CT molecular complexity index is 1130. The largest absolute Gasteiger partial charge is 0.345 e. The minimum absolute atomic E-state index is 0.0400. The Morgan fingerprint density at radius 1 is 1.21 bits per heavy atom. The third-order valence-corrected chi connectivity index (χ3v) is 5.47. The van der Waals surface area contributed by atoms with Gasteiger partial charge in [-0.1, -0.05) is 41.0 Å². The zero-order chi connectivity index (χ0) is 21.0. The number of halogens is 1.